The fourth-order valence-corrected chi connectivity index (χ4v) is 5.86. The van der Waals surface area contributed by atoms with Gasteiger partial charge in [0, 0.05) is 20.4 Å². The number of hydrazone groups is 1. The van der Waals surface area contributed by atoms with Gasteiger partial charge in [0.15, 0.2) is 11.7 Å². The molecule has 3 N–H and O–H groups in total. The average Bonchev–Trinajstić information content (AvgIpc) is 2.86. The topological polar surface area (TPSA) is 110 Å². The number of hydrogen-bond donors (Lipinski definition) is 3. The number of terminal acetylenes is 1. The summed E-state index contributed by atoms with van der Waals surface area (Å²) in [5, 5.41) is 10.5. The van der Waals surface area contributed by atoms with Crippen molar-refractivity contribution in [3.05, 3.63) is 65.9 Å². The highest BCUT2D eigenvalue weighted by atomic mass is 127. The quantitative estimate of drug-likeness (QED) is 0.0840. The number of carbonyl (C=O) groups excluding carboxylic acids is 2. The second-order valence-corrected chi connectivity index (χ2v) is 10.5. The maximum atomic E-state index is 12.7. The highest BCUT2D eigenvalue weighted by molar-refractivity contribution is 14.1. The van der Waals surface area contributed by atoms with Crippen LogP contribution >= 0.6 is 57.4 Å². The Bertz CT molecular complexity index is 1340. The van der Waals surface area contributed by atoms with E-state index < -0.39 is 17.9 Å². The number of esters is 1. The van der Waals surface area contributed by atoms with E-state index >= 15 is 0 Å². The van der Waals surface area contributed by atoms with Gasteiger partial charge in [-0.3, -0.25) is 4.79 Å². The van der Waals surface area contributed by atoms with Crippen LogP contribution < -0.4 is 25.5 Å². The molecule has 1 aliphatic rings. The van der Waals surface area contributed by atoms with Gasteiger partial charge in [-0.25, -0.2) is 10.2 Å². The SMILES string of the molecule is C#CCOc1c(I)cc(I)cc1C=NNC(=O)COc1ccccc1[C@@H]1NC(=S)NC(C)=C1C(=O)OCC. The predicted octanol–water partition coefficient (Wildman–Crippen LogP) is 3.79. The molecule has 0 spiro atoms. The molecule has 0 radical (unpaired) electrons. The van der Waals surface area contributed by atoms with Crippen molar-refractivity contribution in [2.45, 2.75) is 19.9 Å². The van der Waals surface area contributed by atoms with E-state index in [1.54, 1.807) is 38.1 Å². The van der Waals surface area contributed by atoms with Gasteiger partial charge in [-0.1, -0.05) is 24.1 Å². The molecule has 1 amide bonds. The Balaban J connectivity index is 1.73. The normalized spacial score (nSPS) is 14.8. The zero-order valence-electron chi connectivity index (χ0n) is 20.5. The van der Waals surface area contributed by atoms with Crippen molar-refractivity contribution < 1.29 is 23.8 Å². The number of rotatable bonds is 10. The van der Waals surface area contributed by atoms with Gasteiger partial charge in [-0.15, -0.1) is 6.42 Å². The molecule has 1 atom stereocenters. The van der Waals surface area contributed by atoms with Crippen LogP contribution in [0.5, 0.6) is 11.5 Å². The standard InChI is InChI=1S/C26H24I2N4O5S/c1-4-10-36-24-16(11-17(27)12-19(24)28)13-29-32-21(33)14-37-20-9-7-6-8-18(20)23-22(25(34)35-5-2)15(3)30-26(38)31-23/h1,6-9,11-13,23H,5,10,14H2,2-3H3,(H,32,33)(H2,30,31,38)/t23-/m0/s1. The van der Waals surface area contributed by atoms with E-state index in [0.717, 1.165) is 7.14 Å². The van der Waals surface area contributed by atoms with Gasteiger partial charge >= 0.3 is 5.97 Å². The number of thiocarbonyl (C=S) groups is 1. The first-order valence-electron chi connectivity index (χ1n) is 11.3. The minimum absolute atomic E-state index is 0.111. The summed E-state index contributed by atoms with van der Waals surface area (Å²) in [5.41, 5.74) is 4.70. The predicted molar refractivity (Wildman–Crippen MR) is 165 cm³/mol. The van der Waals surface area contributed by atoms with E-state index in [2.05, 4.69) is 72.3 Å². The molecule has 9 nitrogen and oxygen atoms in total. The molecule has 198 valence electrons. The molecule has 2 aromatic carbocycles. The first kappa shape index (κ1) is 29.7. The molecule has 0 fully saturated rings. The number of allylic oxidation sites excluding steroid dienone is 1. The molecule has 0 aliphatic carbocycles. The van der Waals surface area contributed by atoms with Crippen molar-refractivity contribution >= 4 is 80.6 Å². The Hall–Kier alpha value is -2.90. The summed E-state index contributed by atoms with van der Waals surface area (Å²) in [6, 6.07) is 10.3. The number of benzene rings is 2. The van der Waals surface area contributed by atoms with Crippen molar-refractivity contribution in [2.75, 3.05) is 19.8 Å². The molecule has 12 heteroatoms. The number of nitrogens with one attached hydrogen (secondary N) is 3. The molecule has 1 heterocycles. The fraction of sp³-hybridized carbons (Fsp3) is 0.231. The Morgan fingerprint density at radius 3 is 2.76 bits per heavy atom. The minimum Gasteiger partial charge on any atom is -0.483 e. The van der Waals surface area contributed by atoms with Crippen LogP contribution in [0.3, 0.4) is 0 Å². The third-order valence-corrected chi connectivity index (χ3v) is 6.73. The first-order valence-corrected chi connectivity index (χ1v) is 13.9. The molecule has 0 aromatic heterocycles. The van der Waals surface area contributed by atoms with Crippen molar-refractivity contribution in [1.82, 2.24) is 16.1 Å². The zero-order chi connectivity index (χ0) is 27.7. The van der Waals surface area contributed by atoms with E-state index in [0.29, 0.717) is 39.0 Å². The number of carbonyl (C=O) groups is 2. The van der Waals surface area contributed by atoms with Crippen LogP contribution in [0.25, 0.3) is 0 Å². The van der Waals surface area contributed by atoms with Crippen LogP contribution in [0.15, 0.2) is 52.8 Å². The summed E-state index contributed by atoms with van der Waals surface area (Å²) in [4.78, 5) is 25.2. The van der Waals surface area contributed by atoms with Gasteiger partial charge in [-0.05, 0) is 89.4 Å². The largest absolute Gasteiger partial charge is 0.483 e. The summed E-state index contributed by atoms with van der Waals surface area (Å²) in [6.07, 6.45) is 6.80. The molecular formula is C26H24I2N4O5S. The zero-order valence-corrected chi connectivity index (χ0v) is 25.6. The number of amides is 1. The molecule has 0 unspecified atom stereocenters. The number of ether oxygens (including phenoxy) is 3. The van der Waals surface area contributed by atoms with Crippen LogP contribution in [0.2, 0.25) is 0 Å². The highest BCUT2D eigenvalue weighted by Crippen LogP contribution is 2.33. The van der Waals surface area contributed by atoms with E-state index in [9.17, 15) is 9.59 Å². The number of hydrogen-bond acceptors (Lipinski definition) is 7. The fourth-order valence-electron chi connectivity index (χ4n) is 3.55. The lowest BCUT2D eigenvalue weighted by Gasteiger charge is -2.30. The van der Waals surface area contributed by atoms with Crippen LogP contribution in [0.4, 0.5) is 0 Å². The smallest absolute Gasteiger partial charge is 0.338 e. The van der Waals surface area contributed by atoms with Gasteiger partial charge in [0.1, 0.15) is 18.1 Å². The molecule has 3 rings (SSSR count). The Labute approximate surface area is 253 Å². The van der Waals surface area contributed by atoms with E-state index in [4.69, 9.17) is 32.9 Å². The van der Waals surface area contributed by atoms with Crippen LogP contribution in [0, 0.1) is 19.5 Å². The maximum Gasteiger partial charge on any atom is 0.338 e. The minimum atomic E-state index is -0.621. The Morgan fingerprint density at radius 2 is 2.03 bits per heavy atom. The molecule has 38 heavy (non-hydrogen) atoms. The lowest BCUT2D eigenvalue weighted by molar-refractivity contribution is -0.139. The van der Waals surface area contributed by atoms with Gasteiger partial charge in [0.05, 0.1) is 28.0 Å². The number of nitrogens with zero attached hydrogens (tertiary/aromatic N) is 1. The molecule has 0 saturated carbocycles. The van der Waals surface area contributed by atoms with E-state index in [1.165, 1.54) is 6.21 Å². The van der Waals surface area contributed by atoms with Crippen LogP contribution in [-0.2, 0) is 14.3 Å². The van der Waals surface area contributed by atoms with Crippen LogP contribution in [0.1, 0.15) is 31.0 Å². The van der Waals surface area contributed by atoms with E-state index in [-0.39, 0.29) is 19.8 Å². The highest BCUT2D eigenvalue weighted by Gasteiger charge is 2.32. The monoisotopic (exact) mass is 758 g/mol. The van der Waals surface area contributed by atoms with Gasteiger partial charge in [0.2, 0.25) is 0 Å². The summed E-state index contributed by atoms with van der Waals surface area (Å²) in [7, 11) is 0. The summed E-state index contributed by atoms with van der Waals surface area (Å²) in [5.74, 6) is 2.47. The molecule has 1 aliphatic heterocycles. The van der Waals surface area contributed by atoms with Gasteiger partial charge in [0.25, 0.3) is 5.91 Å². The summed E-state index contributed by atoms with van der Waals surface area (Å²) < 4.78 is 18.5. The molecule has 2 aromatic rings. The molecule has 0 bridgehead atoms. The lowest BCUT2D eigenvalue weighted by atomic mass is 9.95. The number of halogens is 2. The average molecular weight is 758 g/mol. The summed E-state index contributed by atoms with van der Waals surface area (Å²) >= 11 is 9.64. The molecular weight excluding hydrogens is 734 g/mol. The summed E-state index contributed by atoms with van der Waals surface area (Å²) in [6.45, 7) is 3.51. The second-order valence-electron chi connectivity index (χ2n) is 7.71. The third kappa shape index (κ3) is 7.81. The van der Waals surface area contributed by atoms with Crippen molar-refractivity contribution in [1.29, 1.82) is 0 Å². The van der Waals surface area contributed by atoms with Crippen LogP contribution in [-0.4, -0.2) is 43.0 Å². The Kier molecular flexibility index (Phi) is 11.2. The second kappa shape index (κ2) is 14.3. The lowest BCUT2D eigenvalue weighted by Crippen LogP contribution is -2.45. The van der Waals surface area contributed by atoms with Crippen molar-refractivity contribution in [3.8, 4) is 23.8 Å². The van der Waals surface area contributed by atoms with Gasteiger partial charge in [-0.2, -0.15) is 5.10 Å². The van der Waals surface area contributed by atoms with Gasteiger partial charge < -0.3 is 24.8 Å². The van der Waals surface area contributed by atoms with Crippen molar-refractivity contribution in [2.24, 2.45) is 5.10 Å². The third-order valence-electron chi connectivity index (χ3n) is 5.08. The van der Waals surface area contributed by atoms with Crippen molar-refractivity contribution in [3.63, 3.8) is 0 Å². The molecule has 0 saturated heterocycles. The number of para-hydroxylation sites is 1. The maximum absolute atomic E-state index is 12.7. The Morgan fingerprint density at radius 1 is 1.26 bits per heavy atom. The first-order chi connectivity index (χ1) is 18.2. The van der Waals surface area contributed by atoms with E-state index in [1.807, 2.05) is 12.1 Å².